The molecule has 0 bridgehead atoms. The first kappa shape index (κ1) is 15.0. The molecule has 1 N–H and O–H groups in total. The van der Waals surface area contributed by atoms with E-state index in [0.717, 1.165) is 26.0 Å². The summed E-state index contributed by atoms with van der Waals surface area (Å²) in [7, 11) is 0. The largest absolute Gasteiger partial charge is 0.378 e. The Bertz CT molecular complexity index is 579. The first-order chi connectivity index (χ1) is 10.3. The number of ether oxygens (including phenoxy) is 1. The molecule has 1 fully saturated rings. The van der Waals surface area contributed by atoms with Gasteiger partial charge in [0.25, 0.3) is 0 Å². The van der Waals surface area contributed by atoms with E-state index in [1.807, 2.05) is 11.3 Å². The Labute approximate surface area is 131 Å². The average molecular weight is 303 g/mol. The van der Waals surface area contributed by atoms with Crippen molar-refractivity contribution in [1.82, 2.24) is 5.32 Å². The second-order valence-corrected chi connectivity index (χ2v) is 6.81. The lowest BCUT2D eigenvalue weighted by Crippen LogP contribution is -2.41. The van der Waals surface area contributed by atoms with Crippen molar-refractivity contribution in [2.75, 3.05) is 13.2 Å². The number of fused-ring (bicyclic) bond motifs is 1. The van der Waals surface area contributed by atoms with E-state index in [1.54, 1.807) is 0 Å². The minimum Gasteiger partial charge on any atom is -0.378 e. The van der Waals surface area contributed by atoms with Gasteiger partial charge in [-0.15, -0.1) is 11.3 Å². The molecule has 0 spiro atoms. The summed E-state index contributed by atoms with van der Waals surface area (Å²) in [5, 5.41) is 7.48. The number of likely N-dealkylation sites (N-methyl/N-ethyl adjacent to an activating group) is 1. The number of benzene rings is 1. The highest BCUT2D eigenvalue weighted by Crippen LogP contribution is 2.32. The maximum absolute atomic E-state index is 5.91. The van der Waals surface area contributed by atoms with E-state index >= 15 is 0 Å². The molecule has 1 aliphatic rings. The summed E-state index contributed by atoms with van der Waals surface area (Å²) in [4.78, 5) is 0. The molecule has 0 saturated carbocycles. The van der Waals surface area contributed by atoms with Crippen molar-refractivity contribution in [3.63, 3.8) is 0 Å². The average Bonchev–Trinajstić information content (AvgIpc) is 3.13. The molecule has 2 heterocycles. The molecule has 1 aliphatic heterocycles. The fourth-order valence-corrected chi connectivity index (χ4v) is 4.59. The van der Waals surface area contributed by atoms with Crippen molar-refractivity contribution in [2.45, 2.75) is 45.3 Å². The molecule has 21 heavy (non-hydrogen) atoms. The van der Waals surface area contributed by atoms with Crippen LogP contribution in [0.4, 0.5) is 0 Å². The predicted molar refractivity (Wildman–Crippen MR) is 91.1 cm³/mol. The van der Waals surface area contributed by atoms with Crippen LogP contribution < -0.4 is 5.32 Å². The third-order valence-corrected chi connectivity index (χ3v) is 5.66. The first-order valence-electron chi connectivity index (χ1n) is 8.13. The van der Waals surface area contributed by atoms with Gasteiger partial charge in [-0.1, -0.05) is 32.0 Å². The molecule has 1 saturated heterocycles. The minimum absolute atomic E-state index is 0.430. The van der Waals surface area contributed by atoms with E-state index in [1.165, 1.54) is 22.1 Å². The summed E-state index contributed by atoms with van der Waals surface area (Å²) in [6, 6.07) is 9.28. The lowest BCUT2D eigenvalue weighted by molar-refractivity contribution is 0.0777. The van der Waals surface area contributed by atoms with Crippen LogP contribution in [0.15, 0.2) is 29.6 Å². The van der Waals surface area contributed by atoms with Gasteiger partial charge >= 0.3 is 0 Å². The molecule has 0 radical (unpaired) electrons. The van der Waals surface area contributed by atoms with E-state index in [-0.39, 0.29) is 0 Å². The molecule has 3 unspecified atom stereocenters. The Balaban J connectivity index is 1.81. The van der Waals surface area contributed by atoms with Gasteiger partial charge in [-0.25, -0.2) is 0 Å². The highest BCUT2D eigenvalue weighted by atomic mass is 32.1. The molecule has 0 aliphatic carbocycles. The van der Waals surface area contributed by atoms with Gasteiger partial charge in [0.1, 0.15) is 0 Å². The summed E-state index contributed by atoms with van der Waals surface area (Å²) in [5.41, 5.74) is 1.49. The van der Waals surface area contributed by atoms with E-state index < -0.39 is 0 Å². The third-order valence-electron chi connectivity index (χ3n) is 4.65. The molecule has 1 aromatic carbocycles. The molecule has 0 amide bonds. The Morgan fingerprint density at radius 1 is 1.33 bits per heavy atom. The first-order valence-corrected chi connectivity index (χ1v) is 9.01. The van der Waals surface area contributed by atoms with Crippen molar-refractivity contribution in [2.24, 2.45) is 5.92 Å². The Hall–Kier alpha value is -0.900. The molecule has 2 aromatic rings. The van der Waals surface area contributed by atoms with Gasteiger partial charge in [0.15, 0.2) is 0 Å². The monoisotopic (exact) mass is 303 g/mol. The van der Waals surface area contributed by atoms with Gasteiger partial charge in [0.2, 0.25) is 0 Å². The van der Waals surface area contributed by atoms with Gasteiger partial charge in [-0.05, 0) is 48.2 Å². The third kappa shape index (κ3) is 3.15. The van der Waals surface area contributed by atoms with E-state index in [4.69, 9.17) is 4.74 Å². The molecule has 3 heteroatoms. The van der Waals surface area contributed by atoms with E-state index in [9.17, 15) is 0 Å². The van der Waals surface area contributed by atoms with Crippen molar-refractivity contribution in [3.8, 4) is 0 Å². The van der Waals surface area contributed by atoms with Gasteiger partial charge in [0.05, 0.1) is 6.10 Å². The molecule has 2 nitrogen and oxygen atoms in total. The Kier molecular flexibility index (Phi) is 4.94. The van der Waals surface area contributed by atoms with Crippen LogP contribution >= 0.6 is 11.3 Å². The van der Waals surface area contributed by atoms with Crippen molar-refractivity contribution in [3.05, 3.63) is 35.2 Å². The number of rotatable bonds is 6. The molecule has 1 aromatic heterocycles. The zero-order chi connectivity index (χ0) is 14.7. The molecular formula is C18H25NOS. The standard InChI is InChI=1S/C18H25NOS/c1-3-17-15(9-10-20-17)16(19-4-2)11-13-12-21-18-8-6-5-7-14(13)18/h5-8,12,15-17,19H,3-4,9-11H2,1-2H3. The fourth-order valence-electron chi connectivity index (χ4n) is 3.61. The highest BCUT2D eigenvalue weighted by Gasteiger charge is 2.33. The van der Waals surface area contributed by atoms with Crippen molar-refractivity contribution >= 4 is 21.4 Å². The Morgan fingerprint density at radius 2 is 2.19 bits per heavy atom. The van der Waals surface area contributed by atoms with Crippen molar-refractivity contribution < 1.29 is 4.74 Å². The van der Waals surface area contributed by atoms with Crippen LogP contribution in [-0.4, -0.2) is 25.3 Å². The van der Waals surface area contributed by atoms with Crippen LogP contribution in [0, 0.1) is 5.92 Å². The number of hydrogen-bond donors (Lipinski definition) is 1. The summed E-state index contributed by atoms with van der Waals surface area (Å²) in [6.45, 7) is 6.40. The smallest absolute Gasteiger partial charge is 0.0616 e. The van der Waals surface area contributed by atoms with E-state index in [0.29, 0.717) is 18.1 Å². The number of nitrogens with one attached hydrogen (secondary N) is 1. The number of thiophene rings is 1. The molecular weight excluding hydrogens is 278 g/mol. The fraction of sp³-hybridized carbons (Fsp3) is 0.556. The maximum atomic E-state index is 5.91. The van der Waals surface area contributed by atoms with Crippen LogP contribution in [0.25, 0.3) is 10.1 Å². The Morgan fingerprint density at radius 3 is 3.00 bits per heavy atom. The van der Waals surface area contributed by atoms with Gasteiger partial charge < -0.3 is 10.1 Å². The van der Waals surface area contributed by atoms with Crippen molar-refractivity contribution in [1.29, 1.82) is 0 Å². The zero-order valence-corrected chi connectivity index (χ0v) is 13.8. The van der Waals surface area contributed by atoms with Crippen LogP contribution in [-0.2, 0) is 11.2 Å². The lowest BCUT2D eigenvalue weighted by Gasteiger charge is -2.28. The summed E-state index contributed by atoms with van der Waals surface area (Å²) in [5.74, 6) is 0.647. The summed E-state index contributed by atoms with van der Waals surface area (Å²) >= 11 is 1.86. The second-order valence-electron chi connectivity index (χ2n) is 5.90. The van der Waals surface area contributed by atoms with Crippen LogP contribution in [0.5, 0.6) is 0 Å². The molecule has 3 rings (SSSR count). The van der Waals surface area contributed by atoms with Gasteiger partial charge in [-0.2, -0.15) is 0 Å². The summed E-state index contributed by atoms with van der Waals surface area (Å²) in [6.07, 6.45) is 3.86. The zero-order valence-electron chi connectivity index (χ0n) is 13.0. The summed E-state index contributed by atoms with van der Waals surface area (Å²) < 4.78 is 7.31. The minimum atomic E-state index is 0.430. The van der Waals surface area contributed by atoms with E-state index in [2.05, 4.69) is 48.8 Å². The molecule has 3 atom stereocenters. The van der Waals surface area contributed by atoms with Gasteiger partial charge in [0, 0.05) is 23.3 Å². The topological polar surface area (TPSA) is 21.3 Å². The predicted octanol–water partition coefficient (Wildman–Crippen LogP) is 4.24. The SMILES string of the molecule is CCNC(Cc1csc2ccccc12)C1CCOC1CC. The van der Waals surface area contributed by atoms with Crippen LogP contribution in [0.2, 0.25) is 0 Å². The maximum Gasteiger partial charge on any atom is 0.0616 e. The number of hydrogen-bond acceptors (Lipinski definition) is 3. The highest BCUT2D eigenvalue weighted by molar-refractivity contribution is 7.17. The normalized spacial score (nSPS) is 23.7. The molecule has 114 valence electrons. The van der Waals surface area contributed by atoms with Crippen LogP contribution in [0.1, 0.15) is 32.3 Å². The van der Waals surface area contributed by atoms with Crippen LogP contribution in [0.3, 0.4) is 0 Å². The lowest BCUT2D eigenvalue weighted by atomic mass is 9.87. The second kappa shape index (κ2) is 6.91. The van der Waals surface area contributed by atoms with Gasteiger partial charge in [-0.3, -0.25) is 0 Å². The quantitative estimate of drug-likeness (QED) is 0.862.